The lowest BCUT2D eigenvalue weighted by atomic mass is 9.95. The van der Waals surface area contributed by atoms with Crippen LogP contribution in [0.25, 0.3) is 10.8 Å². The van der Waals surface area contributed by atoms with E-state index < -0.39 is 17.7 Å². The summed E-state index contributed by atoms with van der Waals surface area (Å²) in [6.45, 7) is 11.5. The van der Waals surface area contributed by atoms with Gasteiger partial charge < -0.3 is 20.3 Å². The fourth-order valence-electron chi connectivity index (χ4n) is 4.67. The van der Waals surface area contributed by atoms with Gasteiger partial charge in [0.25, 0.3) is 5.91 Å². The van der Waals surface area contributed by atoms with Crippen molar-refractivity contribution in [2.75, 3.05) is 18.4 Å². The Bertz CT molecular complexity index is 1330. The van der Waals surface area contributed by atoms with Gasteiger partial charge in [0.2, 0.25) is 5.91 Å². The maximum absolute atomic E-state index is 14.1. The quantitative estimate of drug-likeness (QED) is 0.252. The molecular weight excluding hydrogens is 502 g/mol. The number of nitrogens with zero attached hydrogens (tertiary/aromatic N) is 1. The largest absolute Gasteiger partial charge is 0.444 e. The number of alkyl carbamates (subject to hydrolysis) is 1. The third-order valence-corrected chi connectivity index (χ3v) is 6.87. The first-order valence-electron chi connectivity index (χ1n) is 14.1. The molecule has 0 aliphatic heterocycles. The average molecular weight is 546 g/mol. The number of hydrogen-bond donors (Lipinski definition) is 2. The maximum atomic E-state index is 14.1. The van der Waals surface area contributed by atoms with Gasteiger partial charge >= 0.3 is 6.09 Å². The monoisotopic (exact) mass is 545 g/mol. The topological polar surface area (TPSA) is 87.7 Å². The zero-order valence-corrected chi connectivity index (χ0v) is 24.7. The molecule has 3 rings (SSSR count). The number of unbranched alkanes of at least 4 members (excludes halogenated alkanes) is 3. The summed E-state index contributed by atoms with van der Waals surface area (Å²) < 4.78 is 5.32. The van der Waals surface area contributed by atoms with Crippen LogP contribution in [0.15, 0.2) is 60.7 Å². The lowest BCUT2D eigenvalue weighted by Gasteiger charge is -2.33. The molecule has 0 fully saturated rings. The molecule has 3 aromatic rings. The highest BCUT2D eigenvalue weighted by atomic mass is 16.6. The highest BCUT2D eigenvalue weighted by Crippen LogP contribution is 2.29. The molecule has 1 atom stereocenters. The van der Waals surface area contributed by atoms with Crippen molar-refractivity contribution < 1.29 is 19.1 Å². The zero-order valence-electron chi connectivity index (χ0n) is 24.7. The van der Waals surface area contributed by atoms with Gasteiger partial charge in [0.1, 0.15) is 18.2 Å². The minimum Gasteiger partial charge on any atom is -0.444 e. The summed E-state index contributed by atoms with van der Waals surface area (Å²) in [5.41, 5.74) is 2.72. The minimum absolute atomic E-state index is 0.271. The number of fused-ring (bicyclic) bond motifs is 1. The van der Waals surface area contributed by atoms with Crippen molar-refractivity contribution in [3.05, 3.63) is 77.4 Å². The third-order valence-electron chi connectivity index (χ3n) is 6.87. The lowest BCUT2D eigenvalue weighted by molar-refractivity contribution is -0.138. The third kappa shape index (κ3) is 8.57. The number of rotatable bonds is 11. The molecule has 0 saturated heterocycles. The van der Waals surface area contributed by atoms with Crippen molar-refractivity contribution in [3.8, 4) is 0 Å². The molecule has 0 radical (unpaired) electrons. The summed E-state index contributed by atoms with van der Waals surface area (Å²) in [6.07, 6.45) is 3.10. The molecule has 0 bridgehead atoms. The number of carbonyl (C=O) groups excluding carboxylic acids is 3. The smallest absolute Gasteiger partial charge is 0.408 e. The van der Waals surface area contributed by atoms with E-state index in [1.807, 2.05) is 74.5 Å². The van der Waals surface area contributed by atoms with E-state index >= 15 is 0 Å². The molecule has 0 spiro atoms. The van der Waals surface area contributed by atoms with Crippen LogP contribution in [-0.2, 0) is 14.3 Å². The average Bonchev–Trinajstić information content (AvgIpc) is 2.90. The van der Waals surface area contributed by atoms with Crippen LogP contribution in [0.2, 0.25) is 0 Å². The molecule has 0 saturated carbocycles. The first kappa shape index (κ1) is 30.7. The number of nitrogens with one attached hydrogen (secondary N) is 2. The fraction of sp³-hybridized carbons (Fsp3) is 0.424. The molecule has 3 amide bonds. The van der Waals surface area contributed by atoms with Gasteiger partial charge in [-0.25, -0.2) is 4.79 Å². The molecular formula is C33H43N3O4. The summed E-state index contributed by atoms with van der Waals surface area (Å²) in [5.74, 6) is -0.646. The zero-order chi connectivity index (χ0) is 29.3. The number of carbonyl (C=O) groups is 3. The van der Waals surface area contributed by atoms with Gasteiger partial charge in [0, 0.05) is 12.2 Å². The number of aryl methyl sites for hydroxylation is 1. The normalized spacial score (nSPS) is 12.1. The molecule has 0 heterocycles. The molecule has 0 aromatic heterocycles. The summed E-state index contributed by atoms with van der Waals surface area (Å²) in [4.78, 5) is 41.7. The Labute approximate surface area is 238 Å². The van der Waals surface area contributed by atoms with Gasteiger partial charge in [0.05, 0.1) is 0 Å². The van der Waals surface area contributed by atoms with E-state index in [9.17, 15) is 14.4 Å². The molecule has 0 aliphatic carbocycles. The number of ether oxygens (including phenoxy) is 1. The van der Waals surface area contributed by atoms with Gasteiger partial charge in [-0.2, -0.15) is 0 Å². The molecule has 40 heavy (non-hydrogen) atoms. The van der Waals surface area contributed by atoms with Gasteiger partial charge in [-0.15, -0.1) is 0 Å². The van der Waals surface area contributed by atoms with Crippen LogP contribution >= 0.6 is 0 Å². The minimum atomic E-state index is -0.874. The molecule has 1 unspecified atom stereocenters. The first-order chi connectivity index (χ1) is 19.0. The summed E-state index contributed by atoms with van der Waals surface area (Å²) >= 11 is 0. The highest BCUT2D eigenvalue weighted by Gasteiger charge is 2.33. The van der Waals surface area contributed by atoms with Gasteiger partial charge in [-0.3, -0.25) is 9.59 Å². The number of amides is 3. The molecule has 2 N–H and O–H groups in total. The summed E-state index contributed by atoms with van der Waals surface area (Å²) in [5, 5.41) is 7.73. The Hall–Kier alpha value is -3.87. The van der Waals surface area contributed by atoms with Crippen molar-refractivity contribution in [1.82, 2.24) is 10.2 Å². The Morgan fingerprint density at radius 3 is 2.33 bits per heavy atom. The second-order valence-electron chi connectivity index (χ2n) is 11.2. The lowest BCUT2D eigenvalue weighted by Crippen LogP contribution is -2.47. The Morgan fingerprint density at radius 1 is 0.900 bits per heavy atom. The van der Waals surface area contributed by atoms with Crippen LogP contribution in [0.4, 0.5) is 10.5 Å². The van der Waals surface area contributed by atoms with Gasteiger partial charge in [-0.05, 0) is 80.6 Å². The van der Waals surface area contributed by atoms with Crippen LogP contribution in [-0.4, -0.2) is 41.5 Å². The first-order valence-corrected chi connectivity index (χ1v) is 14.1. The van der Waals surface area contributed by atoms with E-state index in [0.717, 1.165) is 53.1 Å². The Kier molecular flexibility index (Phi) is 10.7. The highest BCUT2D eigenvalue weighted by molar-refractivity contribution is 6.00. The van der Waals surface area contributed by atoms with E-state index in [1.165, 1.54) is 0 Å². The summed E-state index contributed by atoms with van der Waals surface area (Å²) in [6, 6.07) is 18.7. The van der Waals surface area contributed by atoms with Crippen molar-refractivity contribution in [1.29, 1.82) is 0 Å². The second kappa shape index (κ2) is 14.0. The van der Waals surface area contributed by atoms with Crippen LogP contribution in [0, 0.1) is 13.8 Å². The van der Waals surface area contributed by atoms with Crippen molar-refractivity contribution >= 4 is 34.4 Å². The van der Waals surface area contributed by atoms with Crippen molar-refractivity contribution in [2.45, 2.75) is 78.9 Å². The number of hydrogen-bond acceptors (Lipinski definition) is 4. The molecule has 214 valence electrons. The molecule has 7 nitrogen and oxygen atoms in total. The number of benzene rings is 3. The van der Waals surface area contributed by atoms with Crippen molar-refractivity contribution in [3.63, 3.8) is 0 Å². The van der Waals surface area contributed by atoms with E-state index in [2.05, 4.69) is 17.6 Å². The SMILES string of the molecule is CCCCCCN(C(=O)CNC(=O)OC(C)(C)C)C(C(=O)Nc1ccc2ccccc2c1)c1cccc(C)c1C. The Morgan fingerprint density at radius 2 is 1.62 bits per heavy atom. The second-order valence-corrected chi connectivity index (χ2v) is 11.2. The molecule has 3 aromatic carbocycles. The van der Waals surface area contributed by atoms with E-state index in [4.69, 9.17) is 4.74 Å². The van der Waals surface area contributed by atoms with Crippen molar-refractivity contribution in [2.24, 2.45) is 0 Å². The molecule has 0 aliphatic rings. The molecule has 7 heteroatoms. The standard InChI is InChI=1S/C33H43N3O4/c1-7-8-9-12-20-36(29(37)22-34-32(39)40-33(4,5)6)30(28-17-13-14-23(2)24(28)3)31(38)35-27-19-18-25-15-10-11-16-26(25)21-27/h10-11,13-19,21,30H,7-9,12,20,22H2,1-6H3,(H,34,39)(H,35,38). The van der Waals surface area contributed by atoms with E-state index in [1.54, 1.807) is 25.7 Å². The fourth-order valence-corrected chi connectivity index (χ4v) is 4.67. The van der Waals surface area contributed by atoms with Gasteiger partial charge in [0.15, 0.2) is 0 Å². The van der Waals surface area contributed by atoms with Gasteiger partial charge in [-0.1, -0.05) is 74.7 Å². The van der Waals surface area contributed by atoms with Crippen LogP contribution in [0.1, 0.15) is 76.1 Å². The number of anilines is 1. The van der Waals surface area contributed by atoms with Crippen LogP contribution in [0.5, 0.6) is 0 Å². The summed E-state index contributed by atoms with van der Waals surface area (Å²) in [7, 11) is 0. The predicted octanol–water partition coefficient (Wildman–Crippen LogP) is 7.07. The van der Waals surface area contributed by atoms with Crippen LogP contribution in [0.3, 0.4) is 0 Å². The van der Waals surface area contributed by atoms with Crippen LogP contribution < -0.4 is 10.6 Å². The Balaban J connectivity index is 1.95. The van der Waals surface area contributed by atoms with E-state index in [0.29, 0.717) is 12.2 Å². The predicted molar refractivity (Wildman–Crippen MR) is 161 cm³/mol. The van der Waals surface area contributed by atoms with E-state index in [-0.39, 0.29) is 18.4 Å². The maximum Gasteiger partial charge on any atom is 0.408 e.